The Morgan fingerprint density at radius 2 is 2.30 bits per heavy atom. The first kappa shape index (κ1) is 14.2. The molecule has 0 amide bonds. The van der Waals surface area contributed by atoms with Crippen molar-refractivity contribution in [3.8, 4) is 0 Å². The van der Waals surface area contributed by atoms with Crippen LogP contribution < -0.4 is 4.90 Å². The van der Waals surface area contributed by atoms with Crippen LogP contribution in [0.3, 0.4) is 0 Å². The quantitative estimate of drug-likeness (QED) is 0.678. The molecule has 0 aliphatic carbocycles. The first-order valence-corrected chi connectivity index (χ1v) is 6.43. The van der Waals surface area contributed by atoms with Crippen LogP contribution in [-0.2, 0) is 0 Å². The first-order chi connectivity index (χ1) is 9.45. The summed E-state index contributed by atoms with van der Waals surface area (Å²) in [6.07, 6.45) is 2.63. The third-order valence-electron chi connectivity index (χ3n) is 3.65. The molecule has 1 heterocycles. The number of nitro benzene ring substituents is 1. The van der Waals surface area contributed by atoms with Gasteiger partial charge in [0.1, 0.15) is 5.56 Å². The van der Waals surface area contributed by atoms with Crippen molar-refractivity contribution >= 4 is 17.3 Å². The molecule has 6 nitrogen and oxygen atoms in total. The second-order valence-corrected chi connectivity index (χ2v) is 4.78. The number of carboxylic acids is 1. The predicted octanol–water partition coefficient (Wildman–Crippen LogP) is 2.81. The minimum Gasteiger partial charge on any atom is -0.477 e. The number of benzene rings is 1. The lowest BCUT2D eigenvalue weighted by molar-refractivity contribution is -0.385. The van der Waals surface area contributed by atoms with Crippen molar-refractivity contribution in [1.29, 1.82) is 0 Å². The van der Waals surface area contributed by atoms with Crippen molar-refractivity contribution < 1.29 is 19.2 Å². The van der Waals surface area contributed by atoms with Gasteiger partial charge in [-0.2, -0.15) is 0 Å². The fourth-order valence-corrected chi connectivity index (χ4v) is 2.67. The summed E-state index contributed by atoms with van der Waals surface area (Å²) >= 11 is 0. The number of halogens is 1. The summed E-state index contributed by atoms with van der Waals surface area (Å²) in [7, 11) is 0. The number of hydrogen-bond donors (Lipinski definition) is 1. The van der Waals surface area contributed by atoms with Crippen molar-refractivity contribution in [3.05, 3.63) is 33.6 Å². The SMILES string of the molecule is CCC1CCCN1c1cc(C(=O)O)c([N+](=O)[O-])cc1F. The smallest absolute Gasteiger partial charge is 0.342 e. The van der Waals surface area contributed by atoms with Crippen LogP contribution in [0.1, 0.15) is 36.5 Å². The number of hydrogen-bond acceptors (Lipinski definition) is 4. The third kappa shape index (κ3) is 2.43. The lowest BCUT2D eigenvalue weighted by Crippen LogP contribution is -2.29. The van der Waals surface area contributed by atoms with Gasteiger partial charge in [-0.3, -0.25) is 10.1 Å². The highest BCUT2D eigenvalue weighted by molar-refractivity contribution is 5.93. The Balaban J connectivity index is 2.52. The molecule has 2 rings (SSSR count). The number of nitro groups is 1. The molecule has 20 heavy (non-hydrogen) atoms. The van der Waals surface area contributed by atoms with Crippen molar-refractivity contribution in [1.82, 2.24) is 0 Å². The molecule has 1 aliphatic rings. The molecule has 0 bridgehead atoms. The van der Waals surface area contributed by atoms with Gasteiger partial charge in [0.25, 0.3) is 5.69 Å². The van der Waals surface area contributed by atoms with Crippen molar-refractivity contribution in [2.24, 2.45) is 0 Å². The average molecular weight is 282 g/mol. The maximum atomic E-state index is 14.1. The number of rotatable bonds is 4. The molecule has 1 aromatic carbocycles. The molecule has 0 radical (unpaired) electrons. The van der Waals surface area contributed by atoms with Crippen LogP contribution in [0.25, 0.3) is 0 Å². The van der Waals surface area contributed by atoms with Crippen LogP contribution in [0.4, 0.5) is 15.8 Å². The van der Waals surface area contributed by atoms with Crippen LogP contribution in [0.15, 0.2) is 12.1 Å². The molecule has 1 unspecified atom stereocenters. The van der Waals surface area contributed by atoms with E-state index in [0.717, 1.165) is 25.3 Å². The van der Waals surface area contributed by atoms with Crippen LogP contribution in [0, 0.1) is 15.9 Å². The maximum absolute atomic E-state index is 14.1. The Morgan fingerprint density at radius 1 is 1.60 bits per heavy atom. The van der Waals surface area contributed by atoms with Gasteiger partial charge >= 0.3 is 5.97 Å². The molecular weight excluding hydrogens is 267 g/mol. The summed E-state index contributed by atoms with van der Waals surface area (Å²) in [5.41, 5.74) is -1.06. The number of carboxylic acid groups (broad SMARTS) is 1. The fraction of sp³-hybridized carbons (Fsp3) is 0.462. The van der Waals surface area contributed by atoms with E-state index in [2.05, 4.69) is 0 Å². The predicted molar refractivity (Wildman–Crippen MR) is 70.7 cm³/mol. The zero-order valence-electron chi connectivity index (χ0n) is 11.0. The van der Waals surface area contributed by atoms with Gasteiger partial charge < -0.3 is 10.0 Å². The highest BCUT2D eigenvalue weighted by Gasteiger charge is 2.29. The van der Waals surface area contributed by atoms with E-state index in [9.17, 15) is 19.3 Å². The number of carbonyl (C=O) groups is 1. The van der Waals surface area contributed by atoms with Crippen molar-refractivity contribution in [2.75, 3.05) is 11.4 Å². The molecular formula is C13H15FN2O4. The molecule has 1 fully saturated rings. The Morgan fingerprint density at radius 3 is 2.85 bits per heavy atom. The number of aromatic carboxylic acids is 1. The summed E-state index contributed by atoms with van der Waals surface area (Å²) in [5, 5.41) is 19.8. The standard InChI is InChI=1S/C13H15FN2O4/c1-2-8-4-3-5-15(8)12-6-9(13(17)18)11(16(19)20)7-10(12)14/h6-8H,2-5H2,1H3,(H,17,18). The summed E-state index contributed by atoms with van der Waals surface area (Å²) in [4.78, 5) is 22.8. The summed E-state index contributed by atoms with van der Waals surface area (Å²) in [5.74, 6) is -2.17. The molecule has 1 aliphatic heterocycles. The van der Waals surface area contributed by atoms with Crippen molar-refractivity contribution in [2.45, 2.75) is 32.2 Å². The highest BCUT2D eigenvalue weighted by Crippen LogP contribution is 2.33. The van der Waals surface area contributed by atoms with Gasteiger partial charge in [0.05, 0.1) is 16.7 Å². The average Bonchev–Trinajstić information content (AvgIpc) is 2.85. The van der Waals surface area contributed by atoms with E-state index >= 15 is 0 Å². The second-order valence-electron chi connectivity index (χ2n) is 4.78. The molecule has 0 aromatic heterocycles. The van der Waals surface area contributed by atoms with Gasteiger partial charge in [-0.05, 0) is 25.3 Å². The van der Waals surface area contributed by atoms with E-state index in [1.54, 1.807) is 4.90 Å². The van der Waals surface area contributed by atoms with Gasteiger partial charge in [0, 0.05) is 12.6 Å². The molecule has 0 spiro atoms. The Labute approximate surface area is 115 Å². The third-order valence-corrected chi connectivity index (χ3v) is 3.65. The minimum absolute atomic E-state index is 0.136. The Hall–Kier alpha value is -2.18. The summed E-state index contributed by atoms with van der Waals surface area (Å²) < 4.78 is 14.1. The Bertz CT molecular complexity index is 562. The van der Waals surface area contributed by atoms with Gasteiger partial charge in [0.2, 0.25) is 0 Å². The summed E-state index contributed by atoms with van der Waals surface area (Å²) in [6, 6.07) is 1.92. The largest absolute Gasteiger partial charge is 0.477 e. The number of anilines is 1. The molecule has 1 N–H and O–H groups in total. The van der Waals surface area contributed by atoms with Gasteiger partial charge in [-0.1, -0.05) is 6.92 Å². The highest BCUT2D eigenvalue weighted by atomic mass is 19.1. The molecule has 1 saturated heterocycles. The van der Waals surface area contributed by atoms with Crippen molar-refractivity contribution in [3.63, 3.8) is 0 Å². The number of nitrogens with zero attached hydrogens (tertiary/aromatic N) is 2. The molecule has 108 valence electrons. The van der Waals surface area contributed by atoms with E-state index in [-0.39, 0.29) is 11.7 Å². The van der Waals surface area contributed by atoms with Crippen LogP contribution in [0.5, 0.6) is 0 Å². The van der Waals surface area contributed by atoms with Crippen LogP contribution in [-0.4, -0.2) is 28.6 Å². The van der Waals surface area contributed by atoms with Crippen LogP contribution in [0.2, 0.25) is 0 Å². The zero-order chi connectivity index (χ0) is 14.9. The van der Waals surface area contributed by atoms with E-state index in [4.69, 9.17) is 5.11 Å². The first-order valence-electron chi connectivity index (χ1n) is 6.43. The lowest BCUT2D eigenvalue weighted by atomic mass is 10.1. The topological polar surface area (TPSA) is 83.7 Å². The second kappa shape index (κ2) is 5.44. The summed E-state index contributed by atoms with van der Waals surface area (Å²) in [6.45, 7) is 2.61. The van der Waals surface area contributed by atoms with E-state index in [1.807, 2.05) is 6.92 Å². The zero-order valence-corrected chi connectivity index (χ0v) is 11.0. The van der Waals surface area contributed by atoms with Gasteiger partial charge in [-0.25, -0.2) is 9.18 Å². The molecule has 1 aromatic rings. The van der Waals surface area contributed by atoms with E-state index in [0.29, 0.717) is 12.6 Å². The molecule has 0 saturated carbocycles. The Kier molecular flexibility index (Phi) is 3.87. The maximum Gasteiger partial charge on any atom is 0.342 e. The fourth-order valence-electron chi connectivity index (χ4n) is 2.67. The van der Waals surface area contributed by atoms with E-state index < -0.39 is 28.0 Å². The van der Waals surface area contributed by atoms with Gasteiger partial charge in [0.15, 0.2) is 5.82 Å². The van der Waals surface area contributed by atoms with E-state index in [1.165, 1.54) is 0 Å². The molecule has 7 heteroatoms. The molecule has 1 atom stereocenters. The van der Waals surface area contributed by atoms with Gasteiger partial charge in [-0.15, -0.1) is 0 Å². The normalized spacial score (nSPS) is 18.3. The monoisotopic (exact) mass is 282 g/mol. The lowest BCUT2D eigenvalue weighted by Gasteiger charge is -2.26. The minimum atomic E-state index is -1.43. The van der Waals surface area contributed by atoms with Crippen LogP contribution >= 0.6 is 0 Å².